The van der Waals surface area contributed by atoms with Crippen LogP contribution in [0.2, 0.25) is 0 Å². The number of likely N-dealkylation sites (tertiary alicyclic amines) is 1. The van der Waals surface area contributed by atoms with Crippen LogP contribution in [0.5, 0.6) is 0 Å². The lowest BCUT2D eigenvalue weighted by molar-refractivity contribution is -0.149. The second-order valence-electron chi connectivity index (χ2n) is 7.09. The van der Waals surface area contributed by atoms with E-state index >= 15 is 0 Å². The number of ether oxygens (including phenoxy) is 1. The van der Waals surface area contributed by atoms with Gasteiger partial charge in [0, 0.05) is 19.3 Å². The molecule has 4 rings (SSSR count). The number of hydrogen-bond acceptors (Lipinski definition) is 7. The van der Waals surface area contributed by atoms with Crippen molar-refractivity contribution in [3.05, 3.63) is 47.2 Å². The van der Waals surface area contributed by atoms with E-state index in [2.05, 4.69) is 15.1 Å². The fourth-order valence-electron chi connectivity index (χ4n) is 3.58. The second kappa shape index (κ2) is 8.74. The van der Waals surface area contributed by atoms with Crippen LogP contribution < -0.4 is 0 Å². The van der Waals surface area contributed by atoms with Gasteiger partial charge in [0.05, 0.1) is 40.6 Å². The fourth-order valence-corrected chi connectivity index (χ4v) is 4.28. The van der Waals surface area contributed by atoms with E-state index < -0.39 is 0 Å². The van der Waals surface area contributed by atoms with Crippen LogP contribution in [0, 0.1) is 12.8 Å². The predicted molar refractivity (Wildman–Crippen MR) is 112 cm³/mol. The molecule has 30 heavy (non-hydrogen) atoms. The third-order valence-corrected chi connectivity index (χ3v) is 6.14. The Hall–Kier alpha value is -3.07. The molecule has 1 fully saturated rings. The zero-order chi connectivity index (χ0) is 21.1. The third-order valence-electron chi connectivity index (χ3n) is 5.25. The molecule has 1 saturated heterocycles. The zero-order valence-corrected chi connectivity index (χ0v) is 17.8. The van der Waals surface area contributed by atoms with Gasteiger partial charge in [0.1, 0.15) is 0 Å². The summed E-state index contributed by atoms with van der Waals surface area (Å²) in [6.45, 7) is 5.07. The highest BCUT2D eigenvalue weighted by molar-refractivity contribution is 7.13. The Morgan fingerprint density at radius 1 is 1.27 bits per heavy atom. The minimum absolute atomic E-state index is 0.0875. The van der Waals surface area contributed by atoms with Gasteiger partial charge in [0.15, 0.2) is 0 Å². The van der Waals surface area contributed by atoms with Gasteiger partial charge in [-0.25, -0.2) is 14.6 Å². The Labute approximate surface area is 178 Å². The number of thiophene rings is 1. The molecule has 4 heterocycles. The average Bonchev–Trinajstić information content (AvgIpc) is 3.44. The normalized spacial score (nSPS) is 14.7. The van der Waals surface area contributed by atoms with Gasteiger partial charge in [-0.15, -0.1) is 11.3 Å². The molecular formula is C21H23N5O3S. The Morgan fingerprint density at radius 3 is 2.77 bits per heavy atom. The molecule has 0 saturated carbocycles. The van der Waals surface area contributed by atoms with Crippen LogP contribution in [0.3, 0.4) is 0 Å². The molecule has 156 valence electrons. The summed E-state index contributed by atoms with van der Waals surface area (Å²) < 4.78 is 6.69. The van der Waals surface area contributed by atoms with Crippen molar-refractivity contribution in [3.63, 3.8) is 0 Å². The van der Waals surface area contributed by atoms with Gasteiger partial charge in [0.25, 0.3) is 11.9 Å². The summed E-state index contributed by atoms with van der Waals surface area (Å²) >= 11 is 1.60. The highest BCUT2D eigenvalue weighted by Gasteiger charge is 2.30. The van der Waals surface area contributed by atoms with Gasteiger partial charge in [0.2, 0.25) is 0 Å². The van der Waals surface area contributed by atoms with Crippen molar-refractivity contribution in [1.82, 2.24) is 24.6 Å². The molecule has 3 aromatic rings. The molecule has 0 unspecified atom stereocenters. The number of aromatic nitrogens is 4. The smallest absolute Gasteiger partial charge is 0.309 e. The molecule has 0 atom stereocenters. The molecule has 3 aromatic heterocycles. The maximum Gasteiger partial charge on any atom is 0.309 e. The lowest BCUT2D eigenvalue weighted by Gasteiger charge is -2.30. The lowest BCUT2D eigenvalue weighted by atomic mass is 9.96. The topological polar surface area (TPSA) is 90.2 Å². The number of esters is 1. The summed E-state index contributed by atoms with van der Waals surface area (Å²) in [6, 6.07) is 5.83. The van der Waals surface area contributed by atoms with Crippen LogP contribution in [0.1, 0.15) is 35.8 Å². The van der Waals surface area contributed by atoms with E-state index in [4.69, 9.17) is 4.74 Å². The van der Waals surface area contributed by atoms with Gasteiger partial charge in [-0.2, -0.15) is 5.10 Å². The Morgan fingerprint density at radius 2 is 2.07 bits per heavy atom. The van der Waals surface area contributed by atoms with E-state index in [1.807, 2.05) is 30.5 Å². The second-order valence-corrected chi connectivity index (χ2v) is 8.04. The van der Waals surface area contributed by atoms with E-state index in [1.54, 1.807) is 40.2 Å². The quantitative estimate of drug-likeness (QED) is 0.584. The van der Waals surface area contributed by atoms with E-state index in [0.29, 0.717) is 49.7 Å². The van der Waals surface area contributed by atoms with E-state index in [-0.39, 0.29) is 17.8 Å². The maximum absolute atomic E-state index is 13.0. The lowest BCUT2D eigenvalue weighted by Crippen LogP contribution is -2.40. The number of carbonyl (C=O) groups excluding carboxylic acids is 2. The SMILES string of the molecule is CCOC(=O)C1CCN(C(=O)c2cnn(-c3nccc(-c4cccs4)n3)c2C)CC1. The summed E-state index contributed by atoms with van der Waals surface area (Å²) in [5.74, 6) is 0.0384. The van der Waals surface area contributed by atoms with E-state index in [0.717, 1.165) is 10.6 Å². The van der Waals surface area contributed by atoms with Crippen molar-refractivity contribution in [1.29, 1.82) is 0 Å². The minimum atomic E-state index is -0.170. The Balaban J connectivity index is 1.49. The van der Waals surface area contributed by atoms with Crippen molar-refractivity contribution < 1.29 is 14.3 Å². The highest BCUT2D eigenvalue weighted by Crippen LogP contribution is 2.24. The molecule has 0 aromatic carbocycles. The minimum Gasteiger partial charge on any atom is -0.466 e. The molecular weight excluding hydrogens is 402 g/mol. The van der Waals surface area contributed by atoms with E-state index in [9.17, 15) is 9.59 Å². The van der Waals surface area contributed by atoms with Crippen molar-refractivity contribution in [3.8, 4) is 16.5 Å². The maximum atomic E-state index is 13.0. The molecule has 9 heteroatoms. The monoisotopic (exact) mass is 425 g/mol. The third kappa shape index (κ3) is 3.97. The first kappa shape index (κ1) is 20.2. The van der Waals surface area contributed by atoms with Gasteiger partial charge in [-0.1, -0.05) is 6.07 Å². The number of nitrogens with zero attached hydrogens (tertiary/aromatic N) is 5. The number of hydrogen-bond donors (Lipinski definition) is 0. The standard InChI is InChI=1S/C21H23N5O3S/c1-3-29-20(28)15-7-10-25(11-8-15)19(27)16-13-23-26(14(16)2)21-22-9-6-17(24-21)18-5-4-12-30-18/h4-6,9,12-13,15H,3,7-8,10-11H2,1-2H3. The molecule has 1 aliphatic heterocycles. The first-order chi connectivity index (χ1) is 14.6. The van der Waals surface area contributed by atoms with Gasteiger partial charge >= 0.3 is 5.97 Å². The first-order valence-corrected chi connectivity index (χ1v) is 10.8. The van der Waals surface area contributed by atoms with Crippen LogP contribution in [0.15, 0.2) is 36.0 Å². The summed E-state index contributed by atoms with van der Waals surface area (Å²) in [4.78, 5) is 36.7. The predicted octanol–water partition coefficient (Wildman–Crippen LogP) is 3.11. The number of rotatable bonds is 5. The molecule has 0 N–H and O–H groups in total. The summed E-state index contributed by atoms with van der Waals surface area (Å²) in [5.41, 5.74) is 2.03. The number of carbonyl (C=O) groups is 2. The number of piperidine rings is 1. The molecule has 8 nitrogen and oxygen atoms in total. The van der Waals surface area contributed by atoms with Crippen molar-refractivity contribution in [2.45, 2.75) is 26.7 Å². The van der Waals surface area contributed by atoms with Crippen LogP contribution in [-0.2, 0) is 9.53 Å². The van der Waals surface area contributed by atoms with Crippen LogP contribution in [0.4, 0.5) is 0 Å². The van der Waals surface area contributed by atoms with Crippen LogP contribution in [0.25, 0.3) is 16.5 Å². The van der Waals surface area contributed by atoms with Crippen LogP contribution >= 0.6 is 11.3 Å². The number of amides is 1. The molecule has 0 aliphatic carbocycles. The average molecular weight is 426 g/mol. The fraction of sp³-hybridized carbons (Fsp3) is 0.381. The summed E-state index contributed by atoms with van der Waals surface area (Å²) in [6.07, 6.45) is 4.49. The first-order valence-electron chi connectivity index (χ1n) is 9.96. The van der Waals surface area contributed by atoms with E-state index in [1.165, 1.54) is 0 Å². The van der Waals surface area contributed by atoms with Gasteiger partial charge in [-0.3, -0.25) is 9.59 Å². The molecule has 0 spiro atoms. The molecule has 0 bridgehead atoms. The van der Waals surface area contributed by atoms with Crippen molar-refractivity contribution in [2.75, 3.05) is 19.7 Å². The summed E-state index contributed by atoms with van der Waals surface area (Å²) in [5, 5.41) is 6.36. The Bertz CT molecular complexity index is 1040. The Kier molecular flexibility index (Phi) is 5.89. The van der Waals surface area contributed by atoms with Crippen molar-refractivity contribution >= 4 is 23.2 Å². The largest absolute Gasteiger partial charge is 0.466 e. The molecule has 1 aliphatic rings. The summed E-state index contributed by atoms with van der Waals surface area (Å²) in [7, 11) is 0. The van der Waals surface area contributed by atoms with Gasteiger partial charge < -0.3 is 9.64 Å². The molecule has 0 radical (unpaired) electrons. The highest BCUT2D eigenvalue weighted by atomic mass is 32.1. The van der Waals surface area contributed by atoms with Gasteiger partial charge in [-0.05, 0) is 44.2 Å². The molecule has 1 amide bonds. The van der Waals surface area contributed by atoms with Crippen LogP contribution in [-0.4, -0.2) is 56.2 Å². The van der Waals surface area contributed by atoms with Crippen molar-refractivity contribution in [2.24, 2.45) is 5.92 Å². The zero-order valence-electron chi connectivity index (χ0n) is 16.9.